The topological polar surface area (TPSA) is 97.8 Å². The monoisotopic (exact) mass is 317 g/mol. The standard InChI is InChI=1S/C15H19N5O3/c1-9(2)8-20-11-12(19(3)15(22)18-13(11)21)17-14(20)16-7-10-5-4-6-23-10/h4-6,9H,7-8H2,1-3H3,(H,16,17)(H,18,21,22). The summed E-state index contributed by atoms with van der Waals surface area (Å²) in [5.74, 6) is 1.61. The van der Waals surface area contributed by atoms with E-state index in [4.69, 9.17) is 4.42 Å². The van der Waals surface area contributed by atoms with E-state index < -0.39 is 11.2 Å². The van der Waals surface area contributed by atoms with Crippen LogP contribution in [0.15, 0.2) is 32.4 Å². The molecule has 2 N–H and O–H groups in total. The number of fused-ring (bicyclic) bond motifs is 1. The highest BCUT2D eigenvalue weighted by atomic mass is 16.3. The molecule has 0 aromatic carbocycles. The van der Waals surface area contributed by atoms with Crippen LogP contribution in [0.5, 0.6) is 0 Å². The third kappa shape index (κ3) is 2.79. The minimum absolute atomic E-state index is 0.313. The maximum atomic E-state index is 12.2. The molecule has 0 aliphatic heterocycles. The van der Waals surface area contributed by atoms with Gasteiger partial charge in [-0.3, -0.25) is 14.3 Å². The van der Waals surface area contributed by atoms with E-state index in [-0.39, 0.29) is 0 Å². The van der Waals surface area contributed by atoms with Crippen LogP contribution < -0.4 is 16.6 Å². The summed E-state index contributed by atoms with van der Waals surface area (Å²) in [5.41, 5.74) is -0.152. The van der Waals surface area contributed by atoms with Crippen molar-refractivity contribution in [2.24, 2.45) is 13.0 Å². The molecule has 0 amide bonds. The molecule has 3 aromatic rings. The van der Waals surface area contributed by atoms with Crippen molar-refractivity contribution in [2.75, 3.05) is 5.32 Å². The summed E-state index contributed by atoms with van der Waals surface area (Å²) < 4.78 is 8.44. The Morgan fingerprint density at radius 1 is 1.39 bits per heavy atom. The second kappa shape index (κ2) is 5.79. The Labute approximate surface area is 131 Å². The van der Waals surface area contributed by atoms with E-state index in [1.807, 2.05) is 12.1 Å². The van der Waals surface area contributed by atoms with Crippen molar-refractivity contribution in [1.29, 1.82) is 0 Å². The molecule has 0 atom stereocenters. The molecule has 3 heterocycles. The Balaban J connectivity index is 2.11. The number of furan rings is 1. The van der Waals surface area contributed by atoms with Gasteiger partial charge in [0.25, 0.3) is 5.56 Å². The number of anilines is 1. The molecule has 0 spiro atoms. The summed E-state index contributed by atoms with van der Waals surface area (Å²) in [7, 11) is 1.59. The summed E-state index contributed by atoms with van der Waals surface area (Å²) in [6, 6.07) is 3.66. The Morgan fingerprint density at radius 2 is 2.17 bits per heavy atom. The Morgan fingerprint density at radius 3 is 2.83 bits per heavy atom. The third-order valence-electron chi connectivity index (χ3n) is 3.56. The van der Waals surface area contributed by atoms with Gasteiger partial charge in [-0.25, -0.2) is 4.79 Å². The number of nitrogens with zero attached hydrogens (tertiary/aromatic N) is 3. The first-order valence-corrected chi connectivity index (χ1v) is 7.43. The zero-order valence-electron chi connectivity index (χ0n) is 13.3. The van der Waals surface area contributed by atoms with Crippen LogP contribution in [0.1, 0.15) is 19.6 Å². The Bertz CT molecular complexity index is 931. The molecule has 0 bridgehead atoms. The number of nitrogens with one attached hydrogen (secondary N) is 2. The van der Waals surface area contributed by atoms with Gasteiger partial charge in [0, 0.05) is 13.6 Å². The normalized spacial score (nSPS) is 11.5. The minimum atomic E-state index is -0.478. The third-order valence-corrected chi connectivity index (χ3v) is 3.56. The number of H-pyrrole nitrogens is 1. The highest BCUT2D eigenvalue weighted by molar-refractivity contribution is 5.74. The lowest BCUT2D eigenvalue weighted by Gasteiger charge is -2.11. The van der Waals surface area contributed by atoms with Crippen molar-refractivity contribution < 1.29 is 4.42 Å². The van der Waals surface area contributed by atoms with E-state index in [1.165, 1.54) is 4.57 Å². The number of rotatable bonds is 5. The number of aromatic amines is 1. The van der Waals surface area contributed by atoms with Crippen molar-refractivity contribution in [3.8, 4) is 0 Å². The second-order valence-electron chi connectivity index (χ2n) is 5.86. The summed E-state index contributed by atoms with van der Waals surface area (Å²) in [6.45, 7) is 5.16. The largest absolute Gasteiger partial charge is 0.467 e. The molecule has 0 unspecified atom stereocenters. The fraction of sp³-hybridized carbons (Fsp3) is 0.400. The van der Waals surface area contributed by atoms with E-state index >= 15 is 0 Å². The van der Waals surface area contributed by atoms with Crippen LogP contribution in [0, 0.1) is 5.92 Å². The maximum absolute atomic E-state index is 12.2. The van der Waals surface area contributed by atoms with Gasteiger partial charge in [-0.05, 0) is 18.1 Å². The lowest BCUT2D eigenvalue weighted by Crippen LogP contribution is -2.29. The van der Waals surface area contributed by atoms with Crippen molar-refractivity contribution in [3.05, 3.63) is 45.0 Å². The lowest BCUT2D eigenvalue weighted by atomic mass is 10.2. The van der Waals surface area contributed by atoms with Gasteiger partial charge in [-0.15, -0.1) is 0 Å². The number of hydrogen-bond donors (Lipinski definition) is 2. The van der Waals surface area contributed by atoms with Crippen LogP contribution in [-0.2, 0) is 20.1 Å². The van der Waals surface area contributed by atoms with Crippen LogP contribution >= 0.6 is 0 Å². The van der Waals surface area contributed by atoms with E-state index in [0.29, 0.717) is 36.1 Å². The van der Waals surface area contributed by atoms with E-state index in [1.54, 1.807) is 17.9 Å². The highest BCUT2D eigenvalue weighted by Crippen LogP contribution is 2.18. The van der Waals surface area contributed by atoms with Gasteiger partial charge in [-0.1, -0.05) is 13.8 Å². The van der Waals surface area contributed by atoms with Gasteiger partial charge in [-0.2, -0.15) is 4.98 Å². The smallest absolute Gasteiger partial charge is 0.329 e. The average molecular weight is 317 g/mol. The Kier molecular flexibility index (Phi) is 3.81. The summed E-state index contributed by atoms with van der Waals surface area (Å²) in [4.78, 5) is 30.8. The van der Waals surface area contributed by atoms with Gasteiger partial charge in [0.05, 0.1) is 12.8 Å². The van der Waals surface area contributed by atoms with Crippen molar-refractivity contribution in [3.63, 3.8) is 0 Å². The summed E-state index contributed by atoms with van der Waals surface area (Å²) in [6.07, 6.45) is 1.60. The molecule has 0 aliphatic rings. The van der Waals surface area contributed by atoms with Crippen LogP contribution in [0.4, 0.5) is 5.95 Å². The van der Waals surface area contributed by atoms with Crippen molar-refractivity contribution in [2.45, 2.75) is 26.9 Å². The molecule has 8 heteroatoms. The zero-order valence-corrected chi connectivity index (χ0v) is 13.3. The average Bonchev–Trinajstić information content (AvgIpc) is 3.10. The Hall–Kier alpha value is -2.77. The van der Waals surface area contributed by atoms with E-state index in [0.717, 1.165) is 5.76 Å². The number of hydrogen-bond acceptors (Lipinski definition) is 5. The molecule has 122 valence electrons. The van der Waals surface area contributed by atoms with Crippen molar-refractivity contribution >= 4 is 17.1 Å². The molecule has 0 saturated heterocycles. The van der Waals surface area contributed by atoms with Crippen LogP contribution in [-0.4, -0.2) is 19.1 Å². The van der Waals surface area contributed by atoms with Gasteiger partial charge in [0.1, 0.15) is 5.76 Å². The van der Waals surface area contributed by atoms with Gasteiger partial charge in [0.2, 0.25) is 5.95 Å². The molecule has 8 nitrogen and oxygen atoms in total. The molecule has 3 rings (SSSR count). The molecule has 0 aliphatic carbocycles. The first-order chi connectivity index (χ1) is 11.0. The van der Waals surface area contributed by atoms with Crippen LogP contribution in [0.3, 0.4) is 0 Å². The predicted octanol–water partition coefficient (Wildman–Crippen LogP) is 1.28. The SMILES string of the molecule is CC(C)Cn1c(NCc2ccco2)nc2c1c(=O)[nH]c(=O)n2C. The predicted molar refractivity (Wildman–Crippen MR) is 86.5 cm³/mol. The van der Waals surface area contributed by atoms with E-state index in [9.17, 15) is 9.59 Å². The minimum Gasteiger partial charge on any atom is -0.467 e. The molecule has 0 fully saturated rings. The highest BCUT2D eigenvalue weighted by Gasteiger charge is 2.18. The summed E-state index contributed by atoms with van der Waals surface area (Å²) in [5, 5.41) is 3.17. The van der Waals surface area contributed by atoms with Gasteiger partial charge in [0.15, 0.2) is 11.2 Å². The van der Waals surface area contributed by atoms with Crippen molar-refractivity contribution in [1.82, 2.24) is 19.1 Å². The van der Waals surface area contributed by atoms with Gasteiger partial charge >= 0.3 is 5.69 Å². The zero-order chi connectivity index (χ0) is 16.6. The molecular weight excluding hydrogens is 298 g/mol. The molecule has 3 aromatic heterocycles. The molecule has 0 saturated carbocycles. The maximum Gasteiger partial charge on any atom is 0.329 e. The number of aryl methyl sites for hydroxylation is 1. The van der Waals surface area contributed by atoms with Crippen LogP contribution in [0.25, 0.3) is 11.2 Å². The fourth-order valence-electron chi connectivity index (χ4n) is 2.49. The van der Waals surface area contributed by atoms with Crippen LogP contribution in [0.2, 0.25) is 0 Å². The lowest BCUT2D eigenvalue weighted by molar-refractivity contribution is 0.512. The van der Waals surface area contributed by atoms with Gasteiger partial charge < -0.3 is 14.3 Å². The van der Waals surface area contributed by atoms with E-state index in [2.05, 4.69) is 29.1 Å². The number of imidazole rings is 1. The second-order valence-corrected chi connectivity index (χ2v) is 5.86. The summed E-state index contributed by atoms with van der Waals surface area (Å²) >= 11 is 0. The molecule has 23 heavy (non-hydrogen) atoms. The first kappa shape index (κ1) is 15.1. The first-order valence-electron chi connectivity index (χ1n) is 7.43. The number of aromatic nitrogens is 4. The fourth-order valence-corrected chi connectivity index (χ4v) is 2.49. The molecular formula is C15H19N5O3. The quantitative estimate of drug-likeness (QED) is 0.739. The molecule has 0 radical (unpaired) electrons.